The van der Waals surface area contributed by atoms with Gasteiger partial charge < -0.3 is 10.6 Å². The maximum absolute atomic E-state index is 12.0. The molecule has 0 aromatic heterocycles. The Balaban J connectivity index is 2.06. The van der Waals surface area contributed by atoms with Gasteiger partial charge in [0.15, 0.2) is 0 Å². The summed E-state index contributed by atoms with van der Waals surface area (Å²) >= 11 is 5.85. The second-order valence-corrected chi connectivity index (χ2v) is 4.84. The molecule has 21 heavy (non-hydrogen) atoms. The summed E-state index contributed by atoms with van der Waals surface area (Å²) in [7, 11) is 0. The smallest absolute Gasteiger partial charge is 0.255 e. The molecule has 0 aliphatic rings. The van der Waals surface area contributed by atoms with Crippen molar-refractivity contribution in [1.82, 2.24) is 5.32 Å². The predicted molar refractivity (Wildman–Crippen MR) is 83.9 cm³/mol. The maximum Gasteiger partial charge on any atom is 0.255 e. The van der Waals surface area contributed by atoms with Crippen LogP contribution in [0.15, 0.2) is 48.5 Å². The molecule has 0 saturated heterocycles. The van der Waals surface area contributed by atoms with Gasteiger partial charge in [-0.2, -0.15) is 0 Å². The molecule has 108 valence electrons. The van der Waals surface area contributed by atoms with E-state index < -0.39 is 0 Å². The molecule has 2 amide bonds. The van der Waals surface area contributed by atoms with Gasteiger partial charge in [0.25, 0.3) is 11.8 Å². The molecule has 0 bridgehead atoms. The summed E-state index contributed by atoms with van der Waals surface area (Å²) in [6.45, 7) is 2.43. The fourth-order valence-corrected chi connectivity index (χ4v) is 1.99. The van der Waals surface area contributed by atoms with Gasteiger partial charge in [0.05, 0.1) is 0 Å². The Morgan fingerprint density at radius 1 is 1.00 bits per heavy atom. The SMILES string of the molecule is CCNC(=O)c1ccc(NC(=O)c2cccc(Cl)c2)cc1. The number of halogens is 1. The number of hydrogen-bond donors (Lipinski definition) is 2. The molecule has 0 spiro atoms. The molecule has 5 heteroatoms. The van der Waals surface area contributed by atoms with Gasteiger partial charge in [0.2, 0.25) is 0 Å². The van der Waals surface area contributed by atoms with E-state index in [1.807, 2.05) is 6.92 Å². The van der Waals surface area contributed by atoms with Crippen molar-refractivity contribution in [3.8, 4) is 0 Å². The first-order chi connectivity index (χ1) is 10.1. The van der Waals surface area contributed by atoms with Crippen molar-refractivity contribution >= 4 is 29.1 Å². The van der Waals surface area contributed by atoms with E-state index in [-0.39, 0.29) is 11.8 Å². The van der Waals surface area contributed by atoms with Gasteiger partial charge in [-0.15, -0.1) is 0 Å². The molecule has 0 aliphatic heterocycles. The summed E-state index contributed by atoms with van der Waals surface area (Å²) < 4.78 is 0. The highest BCUT2D eigenvalue weighted by atomic mass is 35.5. The Bertz CT molecular complexity index is 654. The summed E-state index contributed by atoms with van der Waals surface area (Å²) in [5.41, 5.74) is 1.65. The topological polar surface area (TPSA) is 58.2 Å². The van der Waals surface area contributed by atoms with E-state index >= 15 is 0 Å². The van der Waals surface area contributed by atoms with Crippen molar-refractivity contribution in [1.29, 1.82) is 0 Å². The molecule has 2 N–H and O–H groups in total. The second kappa shape index (κ2) is 6.90. The van der Waals surface area contributed by atoms with Gasteiger partial charge in [-0.05, 0) is 49.4 Å². The lowest BCUT2D eigenvalue weighted by molar-refractivity contribution is 0.0955. The zero-order chi connectivity index (χ0) is 15.2. The molecule has 0 unspecified atom stereocenters. The molecule has 2 aromatic rings. The number of rotatable bonds is 4. The predicted octanol–water partition coefficient (Wildman–Crippen LogP) is 3.34. The van der Waals surface area contributed by atoms with Gasteiger partial charge >= 0.3 is 0 Å². The summed E-state index contributed by atoms with van der Waals surface area (Å²) in [5, 5.41) is 5.98. The van der Waals surface area contributed by atoms with Crippen molar-refractivity contribution in [2.75, 3.05) is 11.9 Å². The monoisotopic (exact) mass is 302 g/mol. The largest absolute Gasteiger partial charge is 0.352 e. The number of nitrogens with one attached hydrogen (secondary N) is 2. The quantitative estimate of drug-likeness (QED) is 0.910. The summed E-state index contributed by atoms with van der Waals surface area (Å²) in [5.74, 6) is -0.381. The molecule has 0 atom stereocenters. The summed E-state index contributed by atoms with van der Waals surface area (Å²) in [4.78, 5) is 23.7. The summed E-state index contributed by atoms with van der Waals surface area (Å²) in [6, 6.07) is 13.4. The first-order valence-electron chi connectivity index (χ1n) is 6.55. The van der Waals surface area contributed by atoms with E-state index in [9.17, 15) is 9.59 Å². The van der Waals surface area contributed by atoms with E-state index in [1.165, 1.54) is 0 Å². The molecule has 2 rings (SSSR count). The Hall–Kier alpha value is -2.33. The Labute approximate surface area is 128 Å². The summed E-state index contributed by atoms with van der Waals surface area (Å²) in [6.07, 6.45) is 0. The van der Waals surface area contributed by atoms with E-state index in [0.717, 1.165) is 0 Å². The number of hydrogen-bond acceptors (Lipinski definition) is 2. The van der Waals surface area contributed by atoms with Crippen molar-refractivity contribution in [3.05, 3.63) is 64.7 Å². The van der Waals surface area contributed by atoms with E-state index in [0.29, 0.717) is 28.4 Å². The number of amides is 2. The van der Waals surface area contributed by atoms with E-state index in [2.05, 4.69) is 10.6 Å². The molecular formula is C16H15ClN2O2. The highest BCUT2D eigenvalue weighted by Gasteiger charge is 2.08. The van der Waals surface area contributed by atoms with Gasteiger partial charge in [-0.1, -0.05) is 17.7 Å². The normalized spacial score (nSPS) is 10.0. The number of carbonyl (C=O) groups is 2. The van der Waals surface area contributed by atoms with E-state index in [4.69, 9.17) is 11.6 Å². The van der Waals surface area contributed by atoms with Crippen LogP contribution in [0.4, 0.5) is 5.69 Å². The Morgan fingerprint density at radius 3 is 2.33 bits per heavy atom. The number of carbonyl (C=O) groups excluding carboxylic acids is 2. The van der Waals surface area contributed by atoms with Crippen LogP contribution in [0.2, 0.25) is 5.02 Å². The number of benzene rings is 2. The van der Waals surface area contributed by atoms with Crippen LogP contribution in [0, 0.1) is 0 Å². The van der Waals surface area contributed by atoms with Crippen LogP contribution in [0.3, 0.4) is 0 Å². The fourth-order valence-electron chi connectivity index (χ4n) is 1.80. The van der Waals surface area contributed by atoms with Crippen LogP contribution in [0.25, 0.3) is 0 Å². The third-order valence-corrected chi connectivity index (χ3v) is 3.06. The minimum absolute atomic E-state index is 0.134. The maximum atomic E-state index is 12.0. The van der Waals surface area contributed by atoms with Crippen LogP contribution in [-0.2, 0) is 0 Å². The second-order valence-electron chi connectivity index (χ2n) is 4.40. The first kappa shape index (κ1) is 15.1. The molecule has 0 heterocycles. The van der Waals surface area contributed by atoms with Crippen LogP contribution in [0.5, 0.6) is 0 Å². The molecule has 0 aliphatic carbocycles. The van der Waals surface area contributed by atoms with Gasteiger partial charge in [0, 0.05) is 28.4 Å². The fraction of sp³-hybridized carbons (Fsp3) is 0.125. The molecule has 0 saturated carbocycles. The Morgan fingerprint density at radius 2 is 1.71 bits per heavy atom. The molecule has 0 radical (unpaired) electrons. The molecule has 2 aromatic carbocycles. The highest BCUT2D eigenvalue weighted by Crippen LogP contribution is 2.14. The van der Waals surface area contributed by atoms with Crippen molar-refractivity contribution in [2.24, 2.45) is 0 Å². The molecule has 4 nitrogen and oxygen atoms in total. The van der Waals surface area contributed by atoms with Gasteiger partial charge in [-0.3, -0.25) is 9.59 Å². The number of anilines is 1. The van der Waals surface area contributed by atoms with Crippen LogP contribution in [0.1, 0.15) is 27.6 Å². The van der Waals surface area contributed by atoms with Crippen molar-refractivity contribution in [2.45, 2.75) is 6.92 Å². The lowest BCUT2D eigenvalue weighted by Crippen LogP contribution is -2.22. The van der Waals surface area contributed by atoms with E-state index in [1.54, 1.807) is 48.5 Å². The van der Waals surface area contributed by atoms with Crippen LogP contribution < -0.4 is 10.6 Å². The first-order valence-corrected chi connectivity index (χ1v) is 6.93. The standard InChI is InChI=1S/C16H15ClN2O2/c1-2-18-15(20)11-6-8-14(9-7-11)19-16(21)12-4-3-5-13(17)10-12/h3-10H,2H2,1H3,(H,18,20)(H,19,21). The zero-order valence-corrected chi connectivity index (χ0v) is 12.3. The molecular weight excluding hydrogens is 288 g/mol. The third kappa shape index (κ3) is 4.07. The van der Waals surface area contributed by atoms with Gasteiger partial charge in [0.1, 0.15) is 0 Å². The average molecular weight is 303 g/mol. The lowest BCUT2D eigenvalue weighted by Gasteiger charge is -2.07. The van der Waals surface area contributed by atoms with Crippen molar-refractivity contribution in [3.63, 3.8) is 0 Å². The average Bonchev–Trinajstić information content (AvgIpc) is 2.48. The lowest BCUT2D eigenvalue weighted by atomic mass is 10.1. The minimum atomic E-state index is -0.247. The highest BCUT2D eigenvalue weighted by molar-refractivity contribution is 6.31. The third-order valence-electron chi connectivity index (χ3n) is 2.83. The van der Waals surface area contributed by atoms with Gasteiger partial charge in [-0.25, -0.2) is 0 Å². The van der Waals surface area contributed by atoms with Crippen LogP contribution >= 0.6 is 11.6 Å². The minimum Gasteiger partial charge on any atom is -0.352 e. The zero-order valence-electron chi connectivity index (χ0n) is 11.5. The van der Waals surface area contributed by atoms with Crippen LogP contribution in [-0.4, -0.2) is 18.4 Å². The Kier molecular flexibility index (Phi) is 4.95. The molecule has 0 fully saturated rings. The van der Waals surface area contributed by atoms with Crippen molar-refractivity contribution < 1.29 is 9.59 Å².